The first-order valence-corrected chi connectivity index (χ1v) is 13.7. The van der Waals surface area contributed by atoms with E-state index in [4.69, 9.17) is 4.74 Å². The van der Waals surface area contributed by atoms with E-state index in [1.54, 1.807) is 34.7 Å². The van der Waals surface area contributed by atoms with Gasteiger partial charge in [-0.05, 0) is 69.8 Å². The molecule has 0 aromatic heterocycles. The molecule has 0 bridgehead atoms. The number of alkyl halides is 6. The third-order valence-corrected chi connectivity index (χ3v) is 6.82. The molecule has 5 nitrogen and oxygen atoms in total. The van der Waals surface area contributed by atoms with Crippen LogP contribution >= 0.6 is 0 Å². The van der Waals surface area contributed by atoms with Gasteiger partial charge in [-0.3, -0.25) is 4.79 Å². The number of benzene rings is 1. The van der Waals surface area contributed by atoms with Gasteiger partial charge < -0.3 is 20.5 Å². The van der Waals surface area contributed by atoms with Gasteiger partial charge in [0.2, 0.25) is 5.91 Å². The molecular weight excluding hydrogens is 526 g/mol. The normalized spacial score (nSPS) is 13.0. The Bertz CT molecular complexity index is 859. The molecule has 0 atom stereocenters. The Morgan fingerprint density at radius 1 is 0.846 bits per heavy atom. The van der Waals surface area contributed by atoms with E-state index >= 15 is 0 Å². The Kier molecular flexibility index (Phi) is 13.6. The Labute approximate surface area is 228 Å². The molecule has 1 amide bonds. The van der Waals surface area contributed by atoms with Crippen LogP contribution in [0.25, 0.3) is 0 Å². The van der Waals surface area contributed by atoms with Crippen molar-refractivity contribution in [2.75, 3.05) is 20.2 Å². The van der Waals surface area contributed by atoms with Crippen molar-refractivity contribution in [2.45, 2.75) is 115 Å². The fourth-order valence-corrected chi connectivity index (χ4v) is 4.19. The Morgan fingerprint density at radius 2 is 1.31 bits per heavy atom. The molecule has 0 spiro atoms. The molecule has 39 heavy (non-hydrogen) atoms. The highest BCUT2D eigenvalue weighted by molar-refractivity contribution is 5.85. The van der Waals surface area contributed by atoms with Gasteiger partial charge in [-0.15, -0.1) is 0 Å². The number of amides is 1. The van der Waals surface area contributed by atoms with Gasteiger partial charge >= 0.3 is 12.4 Å². The van der Waals surface area contributed by atoms with Gasteiger partial charge in [0.1, 0.15) is 5.75 Å². The lowest BCUT2D eigenvalue weighted by Gasteiger charge is -2.33. The summed E-state index contributed by atoms with van der Waals surface area (Å²) in [5.74, 6) is 0.260. The van der Waals surface area contributed by atoms with E-state index in [-0.39, 0.29) is 36.5 Å². The van der Waals surface area contributed by atoms with Crippen LogP contribution in [0.5, 0.6) is 5.75 Å². The van der Waals surface area contributed by atoms with Crippen LogP contribution in [-0.4, -0.2) is 49.1 Å². The van der Waals surface area contributed by atoms with Crippen molar-refractivity contribution in [3.8, 4) is 5.75 Å². The van der Waals surface area contributed by atoms with Crippen molar-refractivity contribution < 1.29 is 41.0 Å². The molecule has 0 radical (unpaired) electrons. The first-order chi connectivity index (χ1) is 18.1. The molecule has 0 aliphatic carbocycles. The number of likely N-dealkylation sites (N-methyl/N-ethyl adjacent to an activating group) is 1. The molecule has 0 saturated carbocycles. The van der Waals surface area contributed by atoms with Crippen molar-refractivity contribution in [1.29, 1.82) is 0 Å². The van der Waals surface area contributed by atoms with Gasteiger partial charge in [-0.2, -0.15) is 26.3 Å². The number of carbonyl (C=O) groups excluding carboxylic acids is 1. The second kappa shape index (κ2) is 15.1. The monoisotopic (exact) mass is 570 g/mol. The molecule has 1 aromatic rings. The van der Waals surface area contributed by atoms with E-state index in [0.29, 0.717) is 31.6 Å². The number of aryl methyl sites for hydroxylation is 2. The summed E-state index contributed by atoms with van der Waals surface area (Å²) in [5.41, 5.74) is -6.35. The highest BCUT2D eigenvalue weighted by atomic mass is 19.4. The third kappa shape index (κ3) is 9.55. The standard InChI is InChI=1S/C28H44F6N2O3/c1-6-14-20-18-22(26(38,27(29,30)31)28(32,33)34)19-21(15-7-2)23(20)39-17-13-11-9-8-10-12-16-36-24(37)25(3,4)35-5/h18-19,35,38H,6-17H2,1-5H3,(H,36,37). The molecule has 0 aliphatic heterocycles. The lowest BCUT2D eigenvalue weighted by Crippen LogP contribution is -2.54. The molecule has 0 fully saturated rings. The summed E-state index contributed by atoms with van der Waals surface area (Å²) in [4.78, 5) is 12.0. The van der Waals surface area contributed by atoms with E-state index < -0.39 is 29.1 Å². The van der Waals surface area contributed by atoms with Crippen molar-refractivity contribution in [3.05, 3.63) is 28.8 Å². The van der Waals surface area contributed by atoms with Crippen LogP contribution in [0.3, 0.4) is 0 Å². The lowest BCUT2D eigenvalue weighted by atomic mass is 9.87. The largest absolute Gasteiger partial charge is 0.493 e. The smallest absolute Gasteiger partial charge is 0.430 e. The maximum atomic E-state index is 13.5. The van der Waals surface area contributed by atoms with Crippen LogP contribution in [0.1, 0.15) is 95.8 Å². The number of hydrogen-bond donors (Lipinski definition) is 3. The second-order valence-corrected chi connectivity index (χ2v) is 10.4. The van der Waals surface area contributed by atoms with Gasteiger partial charge in [0.15, 0.2) is 0 Å². The fourth-order valence-electron chi connectivity index (χ4n) is 4.19. The minimum absolute atomic E-state index is 0.0541. The van der Waals surface area contributed by atoms with Gasteiger partial charge in [-0.1, -0.05) is 52.4 Å². The summed E-state index contributed by atoms with van der Waals surface area (Å²) in [7, 11) is 1.73. The van der Waals surface area contributed by atoms with Crippen molar-refractivity contribution >= 4 is 5.91 Å². The highest BCUT2D eigenvalue weighted by Crippen LogP contribution is 2.51. The quantitative estimate of drug-likeness (QED) is 0.143. The van der Waals surface area contributed by atoms with Crippen LogP contribution in [0.2, 0.25) is 0 Å². The van der Waals surface area contributed by atoms with E-state index in [0.717, 1.165) is 44.2 Å². The van der Waals surface area contributed by atoms with E-state index in [1.807, 2.05) is 0 Å². The molecule has 0 aliphatic rings. The topological polar surface area (TPSA) is 70.6 Å². The van der Waals surface area contributed by atoms with Crippen molar-refractivity contribution in [3.63, 3.8) is 0 Å². The Morgan fingerprint density at radius 3 is 1.74 bits per heavy atom. The van der Waals surface area contributed by atoms with Crippen LogP contribution in [-0.2, 0) is 23.2 Å². The van der Waals surface area contributed by atoms with E-state index in [1.165, 1.54) is 0 Å². The minimum atomic E-state index is -5.94. The molecule has 3 N–H and O–H groups in total. The molecule has 226 valence electrons. The zero-order valence-corrected chi connectivity index (χ0v) is 23.7. The summed E-state index contributed by atoms with van der Waals surface area (Å²) < 4.78 is 87.0. The predicted molar refractivity (Wildman–Crippen MR) is 140 cm³/mol. The number of unbranched alkanes of at least 4 members (excludes halogenated alkanes) is 5. The lowest BCUT2D eigenvalue weighted by molar-refractivity contribution is -0.376. The zero-order chi connectivity index (χ0) is 29.9. The van der Waals surface area contributed by atoms with Crippen LogP contribution in [0.15, 0.2) is 12.1 Å². The maximum Gasteiger partial charge on any atom is 0.430 e. The van der Waals surface area contributed by atoms with E-state index in [9.17, 15) is 36.2 Å². The summed E-state index contributed by atoms with van der Waals surface area (Å²) in [6.45, 7) is 8.03. The van der Waals surface area contributed by atoms with Gasteiger partial charge in [0.25, 0.3) is 5.60 Å². The summed E-state index contributed by atoms with van der Waals surface area (Å²) in [5, 5.41) is 15.8. The zero-order valence-electron chi connectivity index (χ0n) is 23.7. The molecular formula is C28H44F6N2O3. The number of carbonyl (C=O) groups is 1. The number of halogens is 6. The Hall–Kier alpha value is -2.01. The van der Waals surface area contributed by atoms with Crippen LogP contribution < -0.4 is 15.4 Å². The van der Waals surface area contributed by atoms with Gasteiger partial charge in [-0.25, -0.2) is 0 Å². The van der Waals surface area contributed by atoms with Crippen LogP contribution in [0.4, 0.5) is 26.3 Å². The average molecular weight is 571 g/mol. The maximum absolute atomic E-state index is 13.5. The van der Waals surface area contributed by atoms with Gasteiger partial charge in [0, 0.05) is 12.1 Å². The molecule has 1 rings (SSSR count). The third-order valence-electron chi connectivity index (χ3n) is 6.82. The number of nitrogens with one attached hydrogen (secondary N) is 2. The molecule has 0 saturated heterocycles. The number of aliphatic hydroxyl groups is 1. The number of hydrogen-bond acceptors (Lipinski definition) is 4. The predicted octanol–water partition coefficient (Wildman–Crippen LogP) is 6.74. The number of ether oxygens (including phenoxy) is 1. The molecule has 0 unspecified atom stereocenters. The Balaban J connectivity index is 2.78. The minimum Gasteiger partial charge on any atom is -0.493 e. The molecule has 0 heterocycles. The van der Waals surface area contributed by atoms with E-state index in [2.05, 4.69) is 10.6 Å². The van der Waals surface area contributed by atoms with Crippen molar-refractivity contribution in [1.82, 2.24) is 10.6 Å². The van der Waals surface area contributed by atoms with Crippen LogP contribution in [0, 0.1) is 0 Å². The highest BCUT2D eigenvalue weighted by Gasteiger charge is 2.71. The van der Waals surface area contributed by atoms with Crippen molar-refractivity contribution in [2.24, 2.45) is 0 Å². The first kappa shape index (κ1) is 35.0. The molecule has 11 heteroatoms. The molecule has 1 aromatic carbocycles. The second-order valence-electron chi connectivity index (χ2n) is 10.4. The average Bonchev–Trinajstić information content (AvgIpc) is 2.84. The summed E-state index contributed by atoms with van der Waals surface area (Å²) >= 11 is 0. The SMILES string of the molecule is CCCc1cc(C(O)(C(F)(F)F)C(F)(F)F)cc(CCC)c1OCCCCCCCCNC(=O)C(C)(C)NC. The first-order valence-electron chi connectivity index (χ1n) is 13.7. The number of rotatable bonds is 17. The van der Waals surface area contributed by atoms with Gasteiger partial charge in [0.05, 0.1) is 12.1 Å². The summed E-state index contributed by atoms with van der Waals surface area (Å²) in [6.07, 6.45) is -5.23. The fraction of sp³-hybridized carbons (Fsp3) is 0.750. The summed E-state index contributed by atoms with van der Waals surface area (Å²) in [6, 6.07) is 1.57.